The zero-order valence-electron chi connectivity index (χ0n) is 13.2. The van der Waals surface area contributed by atoms with Gasteiger partial charge in [0.15, 0.2) is 0 Å². The molecule has 2 fully saturated rings. The Balaban J connectivity index is 1.56. The van der Waals surface area contributed by atoms with Gasteiger partial charge in [0.05, 0.1) is 24.7 Å². The molecule has 2 saturated heterocycles. The van der Waals surface area contributed by atoms with E-state index in [1.807, 2.05) is 6.07 Å². The highest BCUT2D eigenvalue weighted by molar-refractivity contribution is 5.83. The molecule has 8 heteroatoms. The van der Waals surface area contributed by atoms with Crippen LogP contribution in [0.1, 0.15) is 18.4 Å². The highest BCUT2D eigenvalue weighted by atomic mass is 16.6. The number of rotatable bonds is 4. The highest BCUT2D eigenvalue weighted by Crippen LogP contribution is 2.18. The van der Waals surface area contributed by atoms with Gasteiger partial charge in [0.2, 0.25) is 11.8 Å². The van der Waals surface area contributed by atoms with Crippen LogP contribution in [0.5, 0.6) is 5.88 Å². The lowest BCUT2D eigenvalue weighted by molar-refractivity contribution is -0.134. The monoisotopic (exact) mass is 330 g/mol. The van der Waals surface area contributed by atoms with Crippen molar-refractivity contribution in [3.63, 3.8) is 0 Å². The number of amides is 2. The van der Waals surface area contributed by atoms with Crippen LogP contribution in [-0.4, -0.2) is 65.7 Å². The normalized spacial score (nSPS) is 20.5. The number of piperidine rings is 1. The molecule has 0 saturated carbocycles. The van der Waals surface area contributed by atoms with Gasteiger partial charge in [-0.25, -0.2) is 9.78 Å². The number of nitriles is 1. The first-order chi connectivity index (χ1) is 11.7. The minimum atomic E-state index is -0.439. The summed E-state index contributed by atoms with van der Waals surface area (Å²) in [5.74, 6) is 0.275. The summed E-state index contributed by atoms with van der Waals surface area (Å²) in [4.78, 5) is 31.0. The Labute approximate surface area is 139 Å². The molecule has 2 aliphatic heterocycles. The predicted molar refractivity (Wildman–Crippen MR) is 82.1 cm³/mol. The second-order valence-corrected chi connectivity index (χ2v) is 5.75. The molecule has 3 rings (SSSR count). The molecule has 2 amide bonds. The van der Waals surface area contributed by atoms with Crippen molar-refractivity contribution in [2.24, 2.45) is 0 Å². The molecule has 0 spiro atoms. The largest absolute Gasteiger partial charge is 0.472 e. The Kier molecular flexibility index (Phi) is 4.79. The molecule has 1 atom stereocenters. The van der Waals surface area contributed by atoms with E-state index in [0.29, 0.717) is 37.7 Å². The van der Waals surface area contributed by atoms with Gasteiger partial charge < -0.3 is 14.4 Å². The number of aromatic nitrogens is 1. The van der Waals surface area contributed by atoms with Gasteiger partial charge in [0, 0.05) is 18.8 Å². The number of likely N-dealkylation sites (tertiary alicyclic amines) is 1. The van der Waals surface area contributed by atoms with Crippen molar-refractivity contribution in [3.8, 4) is 11.9 Å². The van der Waals surface area contributed by atoms with Crippen LogP contribution < -0.4 is 4.74 Å². The fourth-order valence-corrected chi connectivity index (χ4v) is 2.81. The predicted octanol–water partition coefficient (Wildman–Crippen LogP) is 0.775. The van der Waals surface area contributed by atoms with Crippen molar-refractivity contribution >= 4 is 12.0 Å². The third-order valence-electron chi connectivity index (χ3n) is 4.05. The number of ether oxygens (including phenoxy) is 2. The van der Waals surface area contributed by atoms with Crippen LogP contribution in [0.2, 0.25) is 0 Å². The quantitative estimate of drug-likeness (QED) is 0.809. The fraction of sp³-hybridized carbons (Fsp3) is 0.500. The van der Waals surface area contributed by atoms with Gasteiger partial charge in [-0.2, -0.15) is 5.26 Å². The number of carbonyl (C=O) groups excluding carboxylic acids is 2. The van der Waals surface area contributed by atoms with Crippen molar-refractivity contribution < 1.29 is 19.1 Å². The summed E-state index contributed by atoms with van der Waals surface area (Å²) in [6.45, 7) is 1.91. The molecule has 1 aromatic rings. The Morgan fingerprint density at radius 2 is 2.38 bits per heavy atom. The third-order valence-corrected chi connectivity index (χ3v) is 4.05. The summed E-state index contributed by atoms with van der Waals surface area (Å²) < 4.78 is 10.6. The van der Waals surface area contributed by atoms with E-state index in [2.05, 4.69) is 4.98 Å². The topological polar surface area (TPSA) is 95.8 Å². The van der Waals surface area contributed by atoms with E-state index < -0.39 is 6.09 Å². The first-order valence-corrected chi connectivity index (χ1v) is 7.88. The maximum absolute atomic E-state index is 12.4. The summed E-state index contributed by atoms with van der Waals surface area (Å²) in [6, 6.07) is 5.24. The van der Waals surface area contributed by atoms with Crippen LogP contribution in [0.25, 0.3) is 0 Å². The lowest BCUT2D eigenvalue weighted by Crippen LogP contribution is -2.48. The van der Waals surface area contributed by atoms with E-state index >= 15 is 0 Å². The van der Waals surface area contributed by atoms with Crippen LogP contribution in [0, 0.1) is 11.3 Å². The number of hydrogen-bond acceptors (Lipinski definition) is 6. The molecule has 0 N–H and O–H groups in total. The molecule has 126 valence electrons. The van der Waals surface area contributed by atoms with Gasteiger partial charge in [-0.1, -0.05) is 0 Å². The number of hydrogen-bond donors (Lipinski definition) is 0. The standard InChI is InChI=1S/C16H18N4O4/c17-9-12-3-4-18-14(8-12)24-13-2-1-5-19(10-13)15(21)11-20-6-7-23-16(20)22/h3-4,8,13H,1-2,5-7,10-11H2/t13-/m1/s1. The first-order valence-electron chi connectivity index (χ1n) is 7.88. The summed E-state index contributed by atoms with van der Waals surface area (Å²) >= 11 is 0. The average molecular weight is 330 g/mol. The molecule has 0 bridgehead atoms. The van der Waals surface area contributed by atoms with Crippen LogP contribution in [0.4, 0.5) is 4.79 Å². The van der Waals surface area contributed by atoms with E-state index in [-0.39, 0.29) is 18.6 Å². The van der Waals surface area contributed by atoms with Gasteiger partial charge in [-0.15, -0.1) is 0 Å². The maximum Gasteiger partial charge on any atom is 0.410 e. The number of pyridine rings is 1. The van der Waals surface area contributed by atoms with Gasteiger partial charge in [0.25, 0.3) is 0 Å². The van der Waals surface area contributed by atoms with E-state index in [1.54, 1.807) is 17.0 Å². The lowest BCUT2D eigenvalue weighted by atomic mass is 10.1. The molecular formula is C16H18N4O4. The van der Waals surface area contributed by atoms with Crippen molar-refractivity contribution in [2.45, 2.75) is 18.9 Å². The van der Waals surface area contributed by atoms with Crippen LogP contribution in [-0.2, 0) is 9.53 Å². The van der Waals surface area contributed by atoms with Crippen molar-refractivity contribution in [2.75, 3.05) is 32.8 Å². The van der Waals surface area contributed by atoms with Crippen LogP contribution in [0.15, 0.2) is 18.3 Å². The SMILES string of the molecule is N#Cc1ccnc(O[C@@H]2CCCN(C(=O)CN3CCOC3=O)C2)c1. The molecule has 0 unspecified atom stereocenters. The summed E-state index contributed by atoms with van der Waals surface area (Å²) in [5.41, 5.74) is 0.483. The molecule has 3 heterocycles. The minimum Gasteiger partial charge on any atom is -0.472 e. The average Bonchev–Trinajstić information content (AvgIpc) is 3.00. The lowest BCUT2D eigenvalue weighted by Gasteiger charge is -2.33. The van der Waals surface area contributed by atoms with Gasteiger partial charge >= 0.3 is 6.09 Å². The summed E-state index contributed by atoms with van der Waals surface area (Å²) in [5, 5.41) is 8.91. The zero-order chi connectivity index (χ0) is 16.9. The molecule has 2 aliphatic rings. The summed E-state index contributed by atoms with van der Waals surface area (Å²) in [6.07, 6.45) is 2.55. The van der Waals surface area contributed by atoms with E-state index in [4.69, 9.17) is 14.7 Å². The molecule has 1 aromatic heterocycles. The first kappa shape index (κ1) is 16.1. The van der Waals surface area contributed by atoms with Gasteiger partial charge in [0.1, 0.15) is 19.3 Å². The third kappa shape index (κ3) is 3.74. The second kappa shape index (κ2) is 7.17. The molecule has 0 radical (unpaired) electrons. The zero-order valence-corrected chi connectivity index (χ0v) is 13.2. The number of cyclic esters (lactones) is 1. The van der Waals surface area contributed by atoms with Crippen LogP contribution >= 0.6 is 0 Å². The Morgan fingerprint density at radius 1 is 1.50 bits per heavy atom. The Morgan fingerprint density at radius 3 is 3.12 bits per heavy atom. The minimum absolute atomic E-state index is 0.0354. The van der Waals surface area contributed by atoms with E-state index in [1.165, 1.54) is 11.1 Å². The Hall–Kier alpha value is -2.82. The fourth-order valence-electron chi connectivity index (χ4n) is 2.81. The van der Waals surface area contributed by atoms with Gasteiger partial charge in [-0.3, -0.25) is 9.69 Å². The number of carbonyl (C=O) groups is 2. The molecular weight excluding hydrogens is 312 g/mol. The number of nitrogens with zero attached hydrogens (tertiary/aromatic N) is 4. The smallest absolute Gasteiger partial charge is 0.410 e. The second-order valence-electron chi connectivity index (χ2n) is 5.75. The van der Waals surface area contributed by atoms with Gasteiger partial charge in [-0.05, 0) is 18.9 Å². The molecule has 8 nitrogen and oxygen atoms in total. The molecule has 24 heavy (non-hydrogen) atoms. The molecule has 0 aromatic carbocycles. The highest BCUT2D eigenvalue weighted by Gasteiger charge is 2.29. The van der Waals surface area contributed by atoms with E-state index in [0.717, 1.165) is 12.8 Å². The van der Waals surface area contributed by atoms with Crippen LogP contribution in [0.3, 0.4) is 0 Å². The van der Waals surface area contributed by atoms with Crippen molar-refractivity contribution in [1.29, 1.82) is 5.26 Å². The van der Waals surface area contributed by atoms with Crippen molar-refractivity contribution in [1.82, 2.24) is 14.8 Å². The molecule has 0 aliphatic carbocycles. The van der Waals surface area contributed by atoms with Crippen molar-refractivity contribution in [3.05, 3.63) is 23.9 Å². The Bertz CT molecular complexity index is 672. The maximum atomic E-state index is 12.4. The summed E-state index contributed by atoms with van der Waals surface area (Å²) in [7, 11) is 0. The van der Waals surface area contributed by atoms with E-state index in [9.17, 15) is 9.59 Å².